The monoisotopic (exact) mass is 415 g/mol. The molecule has 1 aromatic carbocycles. The number of Topliss-reactive ketones (excluding diaryl/α,β-unsaturated/α-hetero) is 1. The average molecular weight is 416 g/mol. The highest BCUT2D eigenvalue weighted by atomic mass is 35.5. The van der Waals surface area contributed by atoms with Crippen molar-refractivity contribution < 1.29 is 4.79 Å². The van der Waals surface area contributed by atoms with Crippen LogP contribution in [0.5, 0.6) is 0 Å². The van der Waals surface area contributed by atoms with Gasteiger partial charge in [-0.05, 0) is 37.5 Å². The van der Waals surface area contributed by atoms with Gasteiger partial charge in [-0.2, -0.15) is 0 Å². The Morgan fingerprint density at radius 1 is 1.07 bits per heavy atom. The Labute approximate surface area is 177 Å². The van der Waals surface area contributed by atoms with Crippen molar-refractivity contribution in [2.45, 2.75) is 19.8 Å². The minimum atomic E-state index is -0.224. The van der Waals surface area contributed by atoms with E-state index >= 15 is 0 Å². The first kappa shape index (κ1) is 18.7. The summed E-state index contributed by atoms with van der Waals surface area (Å²) in [7, 11) is 0. The summed E-state index contributed by atoms with van der Waals surface area (Å²) in [5.74, 6) is -0.0761. The standard InChI is InChI=1S/C24H18ClN3O2/c1-13-11-16(12-18(25)27-13)19-21(23(30)15-7-8-15)20-17(29)9-10-26-24(20)28-22(19)14-5-3-2-4-6-14/h2-6,9-12,15H,7-8H2,1H3,(H,26,28,29). The van der Waals surface area contributed by atoms with Crippen molar-refractivity contribution in [1.29, 1.82) is 0 Å². The molecule has 1 aliphatic rings. The summed E-state index contributed by atoms with van der Waals surface area (Å²) in [6.07, 6.45) is 3.23. The van der Waals surface area contributed by atoms with Crippen molar-refractivity contribution in [2.75, 3.05) is 0 Å². The van der Waals surface area contributed by atoms with E-state index in [0.717, 1.165) is 29.7 Å². The average Bonchev–Trinajstić information content (AvgIpc) is 3.57. The third kappa shape index (κ3) is 3.21. The quantitative estimate of drug-likeness (QED) is 0.367. The van der Waals surface area contributed by atoms with E-state index in [1.54, 1.807) is 12.3 Å². The van der Waals surface area contributed by atoms with E-state index in [1.807, 2.05) is 43.3 Å². The van der Waals surface area contributed by atoms with Crippen molar-refractivity contribution in [2.24, 2.45) is 5.92 Å². The molecular formula is C24H18ClN3O2. The first-order valence-corrected chi connectivity index (χ1v) is 10.2. The number of carbonyl (C=O) groups is 1. The largest absolute Gasteiger partial charge is 0.346 e. The molecule has 0 amide bonds. The van der Waals surface area contributed by atoms with Crippen LogP contribution in [0.1, 0.15) is 28.9 Å². The van der Waals surface area contributed by atoms with Crippen LogP contribution in [0.3, 0.4) is 0 Å². The normalized spacial score (nSPS) is 13.5. The van der Waals surface area contributed by atoms with Crippen LogP contribution >= 0.6 is 11.6 Å². The second kappa shape index (κ2) is 7.18. The molecule has 3 heterocycles. The summed E-state index contributed by atoms with van der Waals surface area (Å²) < 4.78 is 0. The lowest BCUT2D eigenvalue weighted by atomic mass is 9.89. The smallest absolute Gasteiger partial charge is 0.191 e. The van der Waals surface area contributed by atoms with E-state index in [-0.39, 0.29) is 17.1 Å². The number of aromatic nitrogens is 3. The first-order valence-electron chi connectivity index (χ1n) is 9.82. The molecule has 1 fully saturated rings. The van der Waals surface area contributed by atoms with Gasteiger partial charge in [-0.1, -0.05) is 41.9 Å². The minimum Gasteiger partial charge on any atom is -0.346 e. The van der Waals surface area contributed by atoms with Gasteiger partial charge in [-0.25, -0.2) is 9.97 Å². The molecule has 5 rings (SSSR count). The molecule has 3 aromatic heterocycles. The van der Waals surface area contributed by atoms with Crippen LogP contribution in [0.4, 0.5) is 0 Å². The van der Waals surface area contributed by atoms with Crippen LogP contribution in [0.2, 0.25) is 5.15 Å². The topological polar surface area (TPSA) is 75.7 Å². The lowest BCUT2D eigenvalue weighted by Crippen LogP contribution is -2.14. The Morgan fingerprint density at radius 2 is 1.83 bits per heavy atom. The van der Waals surface area contributed by atoms with Gasteiger partial charge in [0.2, 0.25) is 0 Å². The Balaban J connectivity index is 1.98. The number of aryl methyl sites for hydroxylation is 1. The fourth-order valence-corrected chi connectivity index (χ4v) is 4.11. The molecule has 1 N–H and O–H groups in total. The van der Waals surface area contributed by atoms with Crippen LogP contribution < -0.4 is 5.43 Å². The number of aromatic amines is 1. The molecule has 0 saturated heterocycles. The Bertz CT molecular complexity index is 1340. The van der Waals surface area contributed by atoms with E-state index in [2.05, 4.69) is 9.97 Å². The van der Waals surface area contributed by atoms with E-state index in [9.17, 15) is 9.59 Å². The van der Waals surface area contributed by atoms with E-state index in [1.165, 1.54) is 6.07 Å². The van der Waals surface area contributed by atoms with Crippen LogP contribution in [0.25, 0.3) is 33.4 Å². The number of nitrogens with zero attached hydrogens (tertiary/aromatic N) is 2. The van der Waals surface area contributed by atoms with Gasteiger partial charge < -0.3 is 4.98 Å². The molecule has 1 aliphatic carbocycles. The maximum atomic E-state index is 13.5. The number of benzene rings is 1. The molecule has 148 valence electrons. The molecule has 0 aliphatic heterocycles. The van der Waals surface area contributed by atoms with E-state index in [0.29, 0.717) is 33.0 Å². The molecule has 0 unspecified atom stereocenters. The number of hydrogen-bond donors (Lipinski definition) is 1. The molecule has 0 spiro atoms. The zero-order chi connectivity index (χ0) is 20.8. The Kier molecular flexibility index (Phi) is 4.48. The van der Waals surface area contributed by atoms with Crippen molar-refractivity contribution in [3.8, 4) is 22.4 Å². The predicted octanol–water partition coefficient (Wildman–Crippen LogP) is 5.21. The summed E-state index contributed by atoms with van der Waals surface area (Å²) in [5, 5.41) is 0.658. The summed E-state index contributed by atoms with van der Waals surface area (Å²) in [5.41, 5.74) is 4.19. The van der Waals surface area contributed by atoms with Crippen LogP contribution in [-0.4, -0.2) is 20.7 Å². The van der Waals surface area contributed by atoms with E-state index in [4.69, 9.17) is 16.6 Å². The lowest BCUT2D eigenvalue weighted by Gasteiger charge is -2.17. The van der Waals surface area contributed by atoms with Crippen LogP contribution in [0, 0.1) is 12.8 Å². The molecule has 0 radical (unpaired) electrons. The highest BCUT2D eigenvalue weighted by Crippen LogP contribution is 2.42. The number of hydrogen-bond acceptors (Lipinski definition) is 4. The number of fused-ring (bicyclic) bond motifs is 1. The van der Waals surface area contributed by atoms with Gasteiger partial charge in [0.05, 0.1) is 11.1 Å². The zero-order valence-electron chi connectivity index (χ0n) is 16.3. The van der Waals surface area contributed by atoms with Crippen molar-refractivity contribution >= 4 is 28.4 Å². The van der Waals surface area contributed by atoms with Crippen molar-refractivity contribution in [3.63, 3.8) is 0 Å². The van der Waals surface area contributed by atoms with Gasteiger partial charge in [0, 0.05) is 40.6 Å². The number of ketones is 1. The van der Waals surface area contributed by atoms with Crippen LogP contribution in [0.15, 0.2) is 59.5 Å². The number of halogens is 1. The van der Waals surface area contributed by atoms with Gasteiger partial charge in [0.25, 0.3) is 0 Å². The third-order valence-corrected chi connectivity index (χ3v) is 5.54. The Morgan fingerprint density at radius 3 is 2.53 bits per heavy atom. The first-order chi connectivity index (χ1) is 14.5. The second-order valence-electron chi connectivity index (χ2n) is 7.60. The number of nitrogens with one attached hydrogen (secondary N) is 1. The van der Waals surface area contributed by atoms with Gasteiger partial charge >= 0.3 is 0 Å². The van der Waals surface area contributed by atoms with Gasteiger partial charge in [0.1, 0.15) is 10.8 Å². The minimum absolute atomic E-state index is 0.0168. The van der Waals surface area contributed by atoms with Gasteiger partial charge in [0.15, 0.2) is 11.2 Å². The highest BCUT2D eigenvalue weighted by molar-refractivity contribution is 6.29. The number of pyridine rings is 3. The third-order valence-electron chi connectivity index (χ3n) is 5.35. The summed E-state index contributed by atoms with van der Waals surface area (Å²) in [6.45, 7) is 1.85. The summed E-state index contributed by atoms with van der Waals surface area (Å²) in [4.78, 5) is 38.5. The molecule has 6 heteroatoms. The number of rotatable bonds is 4. The maximum absolute atomic E-state index is 13.5. The summed E-state index contributed by atoms with van der Waals surface area (Å²) >= 11 is 6.27. The molecule has 30 heavy (non-hydrogen) atoms. The molecule has 0 bridgehead atoms. The molecular weight excluding hydrogens is 398 g/mol. The molecule has 1 saturated carbocycles. The fraction of sp³-hybridized carbons (Fsp3) is 0.167. The summed E-state index contributed by atoms with van der Waals surface area (Å²) in [6, 6.07) is 14.7. The molecule has 4 aromatic rings. The zero-order valence-corrected chi connectivity index (χ0v) is 17.0. The van der Waals surface area contributed by atoms with Crippen molar-refractivity contribution in [1.82, 2.24) is 15.0 Å². The fourth-order valence-electron chi connectivity index (χ4n) is 3.86. The maximum Gasteiger partial charge on any atom is 0.191 e. The Hall–Kier alpha value is -3.31. The lowest BCUT2D eigenvalue weighted by molar-refractivity contribution is 0.0970. The van der Waals surface area contributed by atoms with Gasteiger partial charge in [-0.3, -0.25) is 9.59 Å². The highest BCUT2D eigenvalue weighted by Gasteiger charge is 2.35. The molecule has 5 nitrogen and oxygen atoms in total. The number of H-pyrrole nitrogens is 1. The predicted molar refractivity (Wildman–Crippen MR) is 118 cm³/mol. The molecule has 0 atom stereocenters. The van der Waals surface area contributed by atoms with Crippen LogP contribution in [-0.2, 0) is 0 Å². The van der Waals surface area contributed by atoms with E-state index < -0.39 is 0 Å². The number of carbonyl (C=O) groups excluding carboxylic acids is 1. The van der Waals surface area contributed by atoms with Gasteiger partial charge in [-0.15, -0.1) is 0 Å². The van der Waals surface area contributed by atoms with Crippen molar-refractivity contribution in [3.05, 3.63) is 81.4 Å². The SMILES string of the molecule is Cc1cc(-c2c(-c3ccccc3)nc3[nH]ccc(=O)c3c2C(=O)C2CC2)cc(Cl)n1. The second-order valence-corrected chi connectivity index (χ2v) is 7.99.